The lowest BCUT2D eigenvalue weighted by Crippen LogP contribution is -2.24. The summed E-state index contributed by atoms with van der Waals surface area (Å²) in [6.07, 6.45) is 2.07. The average molecular weight is 413 g/mol. The maximum absolute atomic E-state index is 14.9. The van der Waals surface area contributed by atoms with Crippen molar-refractivity contribution in [2.75, 3.05) is 24.1 Å². The van der Waals surface area contributed by atoms with Crippen LogP contribution in [0.4, 0.5) is 15.9 Å². The zero-order valence-electron chi connectivity index (χ0n) is 17.1. The van der Waals surface area contributed by atoms with Gasteiger partial charge in [-0.1, -0.05) is 0 Å². The van der Waals surface area contributed by atoms with E-state index in [1.54, 1.807) is 36.0 Å². The molecule has 0 bridgehead atoms. The molecule has 0 unspecified atom stereocenters. The van der Waals surface area contributed by atoms with Crippen LogP contribution < -0.4 is 21.3 Å². The maximum Gasteiger partial charge on any atom is 0.330 e. The molecule has 1 aromatic carbocycles. The van der Waals surface area contributed by atoms with Gasteiger partial charge in [-0.3, -0.25) is 20.0 Å². The Morgan fingerprint density at radius 2 is 2.03 bits per heavy atom. The van der Waals surface area contributed by atoms with Crippen LogP contribution in [0.5, 0.6) is 5.88 Å². The van der Waals surface area contributed by atoms with Crippen LogP contribution in [-0.2, 0) is 7.05 Å². The predicted molar refractivity (Wildman–Crippen MR) is 113 cm³/mol. The van der Waals surface area contributed by atoms with Gasteiger partial charge in [-0.2, -0.15) is 0 Å². The molecule has 9 heteroatoms. The van der Waals surface area contributed by atoms with Gasteiger partial charge in [0.05, 0.1) is 18.0 Å². The van der Waals surface area contributed by atoms with Crippen LogP contribution in [0.3, 0.4) is 0 Å². The second kappa shape index (κ2) is 7.83. The van der Waals surface area contributed by atoms with Gasteiger partial charge in [0.15, 0.2) is 5.82 Å². The van der Waals surface area contributed by atoms with Crippen LogP contribution in [0.25, 0.3) is 22.4 Å². The zero-order valence-corrected chi connectivity index (χ0v) is 17.1. The SMILES string of the molecule is CC(C)n1c2c(n(C)c1=O)NNc1cc(F)c(-c3ccc(OCCCO)nc3)cc1-2. The molecular weight excluding hydrogens is 389 g/mol. The highest BCUT2D eigenvalue weighted by Gasteiger charge is 2.28. The van der Waals surface area contributed by atoms with E-state index >= 15 is 0 Å². The molecule has 1 aliphatic heterocycles. The number of anilines is 2. The quantitative estimate of drug-likeness (QED) is 0.538. The highest BCUT2D eigenvalue weighted by atomic mass is 19.1. The minimum atomic E-state index is -0.406. The number of nitrogens with one attached hydrogen (secondary N) is 2. The largest absolute Gasteiger partial charge is 0.478 e. The van der Waals surface area contributed by atoms with Gasteiger partial charge in [0.1, 0.15) is 5.82 Å². The van der Waals surface area contributed by atoms with E-state index in [-0.39, 0.29) is 18.3 Å². The fourth-order valence-electron chi connectivity index (χ4n) is 3.59. The number of hydrogen-bond donors (Lipinski definition) is 3. The van der Waals surface area contributed by atoms with Gasteiger partial charge in [0.2, 0.25) is 5.88 Å². The van der Waals surface area contributed by atoms with Crippen LogP contribution in [-0.4, -0.2) is 32.4 Å². The van der Waals surface area contributed by atoms with Crippen molar-refractivity contribution in [3.05, 3.63) is 46.8 Å². The molecule has 0 saturated carbocycles. The van der Waals surface area contributed by atoms with Crippen LogP contribution in [0, 0.1) is 5.82 Å². The third-order valence-electron chi connectivity index (χ3n) is 5.09. The Morgan fingerprint density at radius 3 is 2.70 bits per heavy atom. The highest BCUT2D eigenvalue weighted by molar-refractivity contribution is 5.90. The number of imidazole rings is 1. The number of aliphatic hydroxyl groups is 1. The van der Waals surface area contributed by atoms with Crippen molar-refractivity contribution in [1.29, 1.82) is 0 Å². The highest BCUT2D eigenvalue weighted by Crippen LogP contribution is 2.41. The van der Waals surface area contributed by atoms with E-state index in [2.05, 4.69) is 15.8 Å². The number of aliphatic hydroxyl groups excluding tert-OH is 1. The van der Waals surface area contributed by atoms with Crippen LogP contribution in [0.2, 0.25) is 0 Å². The van der Waals surface area contributed by atoms with E-state index in [1.807, 2.05) is 13.8 Å². The van der Waals surface area contributed by atoms with Gasteiger partial charge in [-0.05, 0) is 26.0 Å². The summed E-state index contributed by atoms with van der Waals surface area (Å²) in [5.41, 5.74) is 8.81. The smallest absolute Gasteiger partial charge is 0.330 e. The fraction of sp³-hybridized carbons (Fsp3) is 0.333. The molecule has 158 valence electrons. The van der Waals surface area contributed by atoms with Gasteiger partial charge in [0.25, 0.3) is 0 Å². The van der Waals surface area contributed by atoms with Crippen molar-refractivity contribution in [3.8, 4) is 28.3 Å². The number of aromatic nitrogens is 3. The molecule has 0 radical (unpaired) electrons. The summed E-state index contributed by atoms with van der Waals surface area (Å²) in [4.78, 5) is 16.9. The van der Waals surface area contributed by atoms with E-state index in [0.717, 1.165) is 5.56 Å². The van der Waals surface area contributed by atoms with Crippen molar-refractivity contribution in [1.82, 2.24) is 14.1 Å². The van der Waals surface area contributed by atoms with Crippen molar-refractivity contribution in [2.24, 2.45) is 7.05 Å². The lowest BCUT2D eigenvalue weighted by molar-refractivity contribution is 0.229. The lowest BCUT2D eigenvalue weighted by atomic mass is 9.99. The van der Waals surface area contributed by atoms with Crippen LogP contribution in [0.1, 0.15) is 26.3 Å². The fourth-order valence-corrected chi connectivity index (χ4v) is 3.59. The Kier molecular flexibility index (Phi) is 5.21. The number of rotatable bonds is 6. The number of nitrogens with zero attached hydrogens (tertiary/aromatic N) is 3. The van der Waals surface area contributed by atoms with E-state index in [0.29, 0.717) is 47.2 Å². The van der Waals surface area contributed by atoms with Crippen LogP contribution >= 0.6 is 0 Å². The normalized spacial score (nSPS) is 12.2. The molecule has 3 heterocycles. The third-order valence-corrected chi connectivity index (χ3v) is 5.09. The molecular formula is C21H24FN5O3. The Bertz CT molecular complexity index is 1140. The molecule has 1 aliphatic rings. The zero-order chi connectivity index (χ0) is 21.4. The Hall–Kier alpha value is -3.33. The first kappa shape index (κ1) is 20.0. The molecule has 0 saturated heterocycles. The van der Waals surface area contributed by atoms with Gasteiger partial charge in [-0.15, -0.1) is 0 Å². The Morgan fingerprint density at radius 1 is 1.23 bits per heavy atom. The van der Waals surface area contributed by atoms with E-state index < -0.39 is 5.82 Å². The number of hydrogen-bond acceptors (Lipinski definition) is 6. The number of halogens is 1. The predicted octanol–water partition coefficient (Wildman–Crippen LogP) is 3.15. The van der Waals surface area contributed by atoms with Gasteiger partial charge in [0, 0.05) is 61.1 Å². The van der Waals surface area contributed by atoms with Gasteiger partial charge in [-0.25, -0.2) is 14.2 Å². The third kappa shape index (κ3) is 3.30. The summed E-state index contributed by atoms with van der Waals surface area (Å²) in [6.45, 7) is 4.28. The Labute approximate surface area is 172 Å². The molecule has 0 aliphatic carbocycles. The molecule has 0 fully saturated rings. The topological polar surface area (TPSA) is 93.3 Å². The molecule has 4 rings (SSSR count). The number of fused-ring (bicyclic) bond motifs is 3. The second-order valence-electron chi connectivity index (χ2n) is 7.44. The molecule has 2 aromatic heterocycles. The first-order chi connectivity index (χ1) is 14.4. The molecule has 30 heavy (non-hydrogen) atoms. The average Bonchev–Trinajstić information content (AvgIpc) is 2.99. The van der Waals surface area contributed by atoms with E-state index in [9.17, 15) is 9.18 Å². The number of ether oxygens (including phenoxy) is 1. The summed E-state index contributed by atoms with van der Waals surface area (Å²) in [6, 6.07) is 6.49. The molecule has 8 nitrogen and oxygen atoms in total. The Balaban J connectivity index is 1.78. The molecule has 0 amide bonds. The van der Waals surface area contributed by atoms with Crippen molar-refractivity contribution >= 4 is 11.5 Å². The number of benzene rings is 1. The summed E-state index contributed by atoms with van der Waals surface area (Å²) in [5.74, 6) is 0.636. The first-order valence-electron chi connectivity index (χ1n) is 9.79. The monoisotopic (exact) mass is 413 g/mol. The minimum Gasteiger partial charge on any atom is -0.478 e. The molecule has 0 atom stereocenters. The van der Waals surface area contributed by atoms with Crippen molar-refractivity contribution in [2.45, 2.75) is 26.3 Å². The molecule has 3 aromatic rings. The van der Waals surface area contributed by atoms with E-state index in [4.69, 9.17) is 9.84 Å². The van der Waals surface area contributed by atoms with E-state index in [1.165, 1.54) is 10.6 Å². The summed E-state index contributed by atoms with van der Waals surface area (Å²) in [5, 5.41) is 8.83. The van der Waals surface area contributed by atoms with Crippen LogP contribution in [0.15, 0.2) is 35.3 Å². The van der Waals surface area contributed by atoms with Gasteiger partial charge >= 0.3 is 5.69 Å². The molecule has 0 spiro atoms. The summed E-state index contributed by atoms with van der Waals surface area (Å²) >= 11 is 0. The summed E-state index contributed by atoms with van der Waals surface area (Å²) < 4.78 is 23.6. The number of pyridine rings is 1. The standard InChI is InChI=1S/C21H24FN5O3/c1-12(2)27-19-15-9-14(13-5-6-18(23-11-13)30-8-4-7-28)16(22)10-17(15)24-25-20(19)26(3)21(27)29/h5-6,9-12,24-25,28H,4,7-8H2,1-3H3. The maximum atomic E-state index is 14.9. The number of hydrazine groups is 1. The van der Waals surface area contributed by atoms with Crippen molar-refractivity contribution < 1.29 is 14.2 Å². The lowest BCUT2D eigenvalue weighted by Gasteiger charge is -2.24. The minimum absolute atomic E-state index is 0.0459. The first-order valence-corrected chi connectivity index (χ1v) is 9.79. The second-order valence-corrected chi connectivity index (χ2v) is 7.44. The molecule has 3 N–H and O–H groups in total. The van der Waals surface area contributed by atoms with Gasteiger partial charge < -0.3 is 9.84 Å². The van der Waals surface area contributed by atoms with Crippen molar-refractivity contribution in [3.63, 3.8) is 0 Å². The summed E-state index contributed by atoms with van der Waals surface area (Å²) in [7, 11) is 1.70.